The van der Waals surface area contributed by atoms with Crippen molar-refractivity contribution in [2.24, 2.45) is 0 Å². The van der Waals surface area contributed by atoms with Gasteiger partial charge < -0.3 is 19.7 Å². The highest BCUT2D eigenvalue weighted by molar-refractivity contribution is 7.11. The van der Waals surface area contributed by atoms with Crippen LogP contribution in [0.5, 0.6) is 5.75 Å². The molecule has 0 aliphatic rings. The molecule has 0 unspecified atom stereocenters. The van der Waals surface area contributed by atoms with E-state index in [1.165, 1.54) is 0 Å². The fraction of sp³-hybridized carbons (Fsp3) is 0.474. The quantitative estimate of drug-likeness (QED) is 0.762. The molecule has 0 saturated carbocycles. The summed E-state index contributed by atoms with van der Waals surface area (Å²) in [6, 6.07) is 7.44. The second kappa shape index (κ2) is 9.54. The summed E-state index contributed by atoms with van der Waals surface area (Å²) < 4.78 is 10.4. The van der Waals surface area contributed by atoms with Gasteiger partial charge in [-0.3, -0.25) is 0 Å². The molecule has 1 aromatic carbocycles. The van der Waals surface area contributed by atoms with Gasteiger partial charge in [0.1, 0.15) is 5.75 Å². The van der Waals surface area contributed by atoms with Crippen LogP contribution in [0.1, 0.15) is 34.1 Å². The van der Waals surface area contributed by atoms with Gasteiger partial charge in [0.25, 0.3) is 0 Å². The minimum Gasteiger partial charge on any atom is -0.497 e. The van der Waals surface area contributed by atoms with E-state index < -0.39 is 0 Å². The molecule has 0 bridgehead atoms. The summed E-state index contributed by atoms with van der Waals surface area (Å²) in [5.74, 6) is 0.775. The standard InChI is InChI=1S/C19H27N3O3S/c1-13(18-14(2)26-15(3)21-18)20-19(23)22(9-10-24-4)12-16-7-6-8-17(11-16)25-5/h6-8,11,13H,9-10,12H2,1-5H3,(H,20,23)/t13-/m0/s1. The van der Waals surface area contributed by atoms with Crippen molar-refractivity contribution in [3.63, 3.8) is 0 Å². The predicted molar refractivity (Wildman–Crippen MR) is 104 cm³/mol. The molecule has 0 aliphatic heterocycles. The van der Waals surface area contributed by atoms with Gasteiger partial charge in [0.05, 0.1) is 30.5 Å². The van der Waals surface area contributed by atoms with E-state index in [-0.39, 0.29) is 12.1 Å². The van der Waals surface area contributed by atoms with Crippen molar-refractivity contribution >= 4 is 17.4 Å². The van der Waals surface area contributed by atoms with E-state index in [1.807, 2.05) is 45.0 Å². The first-order valence-corrected chi connectivity index (χ1v) is 9.37. The molecular formula is C19H27N3O3S. The number of carbonyl (C=O) groups is 1. The summed E-state index contributed by atoms with van der Waals surface area (Å²) in [6.45, 7) is 7.42. The Hall–Kier alpha value is -2.12. The zero-order valence-electron chi connectivity index (χ0n) is 16.0. The van der Waals surface area contributed by atoms with Crippen LogP contribution in [0.4, 0.5) is 4.79 Å². The van der Waals surface area contributed by atoms with Crippen LogP contribution < -0.4 is 10.1 Å². The summed E-state index contributed by atoms with van der Waals surface area (Å²) in [4.78, 5) is 20.2. The molecule has 0 aliphatic carbocycles. The van der Waals surface area contributed by atoms with Crippen LogP contribution >= 0.6 is 11.3 Å². The smallest absolute Gasteiger partial charge is 0.318 e. The number of nitrogens with one attached hydrogen (secondary N) is 1. The van der Waals surface area contributed by atoms with Crippen molar-refractivity contribution in [1.82, 2.24) is 15.2 Å². The van der Waals surface area contributed by atoms with Gasteiger partial charge >= 0.3 is 6.03 Å². The van der Waals surface area contributed by atoms with Crippen LogP contribution in [0, 0.1) is 13.8 Å². The number of methoxy groups -OCH3 is 2. The lowest BCUT2D eigenvalue weighted by Gasteiger charge is -2.25. The molecule has 1 N–H and O–H groups in total. The number of nitrogens with zero attached hydrogens (tertiary/aromatic N) is 2. The first kappa shape index (κ1) is 20.2. The topological polar surface area (TPSA) is 63.7 Å². The van der Waals surface area contributed by atoms with Crippen molar-refractivity contribution < 1.29 is 14.3 Å². The average Bonchev–Trinajstić information content (AvgIpc) is 2.97. The van der Waals surface area contributed by atoms with Crippen molar-refractivity contribution in [3.05, 3.63) is 45.4 Å². The fourth-order valence-corrected chi connectivity index (χ4v) is 3.65. The highest BCUT2D eigenvalue weighted by Gasteiger charge is 2.20. The Labute approximate surface area is 159 Å². The van der Waals surface area contributed by atoms with Gasteiger partial charge in [0.15, 0.2) is 0 Å². The SMILES string of the molecule is COCCN(Cc1cccc(OC)c1)C(=O)N[C@@H](C)c1nc(C)sc1C. The maximum atomic E-state index is 12.8. The predicted octanol–water partition coefficient (Wildman–Crippen LogP) is 3.69. The largest absolute Gasteiger partial charge is 0.497 e. The minimum atomic E-state index is -0.150. The Bertz CT molecular complexity index is 733. The lowest BCUT2D eigenvalue weighted by Crippen LogP contribution is -2.42. The molecule has 0 spiro atoms. The van der Waals surface area contributed by atoms with Gasteiger partial charge in [-0.2, -0.15) is 0 Å². The van der Waals surface area contributed by atoms with Crippen LogP contribution in [-0.2, 0) is 11.3 Å². The van der Waals surface area contributed by atoms with Gasteiger partial charge in [-0.15, -0.1) is 11.3 Å². The Balaban J connectivity index is 2.09. The zero-order valence-corrected chi connectivity index (χ0v) is 16.9. The summed E-state index contributed by atoms with van der Waals surface area (Å²) in [5.41, 5.74) is 1.93. The number of hydrogen-bond donors (Lipinski definition) is 1. The Morgan fingerprint density at radius 3 is 2.73 bits per heavy atom. The second-order valence-corrected chi connectivity index (χ2v) is 7.52. The molecule has 2 aromatic rings. The first-order valence-electron chi connectivity index (χ1n) is 8.55. The maximum absolute atomic E-state index is 12.8. The third-order valence-electron chi connectivity index (χ3n) is 4.05. The molecule has 2 rings (SSSR count). The molecule has 1 heterocycles. The van der Waals surface area contributed by atoms with E-state index in [1.54, 1.807) is 30.5 Å². The number of aromatic nitrogens is 1. The molecule has 0 saturated heterocycles. The molecule has 142 valence electrons. The number of carbonyl (C=O) groups excluding carboxylic acids is 1. The molecule has 2 amide bonds. The normalized spacial score (nSPS) is 11.9. The molecule has 0 radical (unpaired) electrons. The molecule has 1 aromatic heterocycles. The summed E-state index contributed by atoms with van der Waals surface area (Å²) in [7, 11) is 3.26. The molecule has 0 fully saturated rings. The van der Waals surface area contributed by atoms with Gasteiger partial charge in [-0.1, -0.05) is 12.1 Å². The minimum absolute atomic E-state index is 0.137. The van der Waals surface area contributed by atoms with Gasteiger partial charge in [0, 0.05) is 25.1 Å². The summed E-state index contributed by atoms with van der Waals surface area (Å²) in [6.07, 6.45) is 0. The lowest BCUT2D eigenvalue weighted by atomic mass is 10.2. The fourth-order valence-electron chi connectivity index (χ4n) is 2.74. The van der Waals surface area contributed by atoms with E-state index >= 15 is 0 Å². The number of hydrogen-bond acceptors (Lipinski definition) is 5. The molecule has 1 atom stereocenters. The van der Waals surface area contributed by atoms with Crippen LogP contribution in [0.25, 0.3) is 0 Å². The highest BCUT2D eigenvalue weighted by atomic mass is 32.1. The highest BCUT2D eigenvalue weighted by Crippen LogP contribution is 2.23. The van der Waals surface area contributed by atoms with E-state index in [9.17, 15) is 4.79 Å². The average molecular weight is 378 g/mol. The van der Waals surface area contributed by atoms with Crippen LogP contribution in [0.15, 0.2) is 24.3 Å². The number of amides is 2. The van der Waals surface area contributed by atoms with E-state index in [2.05, 4.69) is 10.3 Å². The maximum Gasteiger partial charge on any atom is 0.318 e. The van der Waals surface area contributed by atoms with Crippen molar-refractivity contribution in [3.8, 4) is 5.75 Å². The Morgan fingerprint density at radius 1 is 1.35 bits per heavy atom. The lowest BCUT2D eigenvalue weighted by molar-refractivity contribution is 0.145. The van der Waals surface area contributed by atoms with Crippen molar-refractivity contribution in [2.45, 2.75) is 33.4 Å². The van der Waals surface area contributed by atoms with Gasteiger partial charge in [-0.25, -0.2) is 9.78 Å². The van der Waals surface area contributed by atoms with Crippen LogP contribution in [-0.4, -0.2) is 43.3 Å². The number of ether oxygens (including phenoxy) is 2. The van der Waals surface area contributed by atoms with Crippen molar-refractivity contribution in [1.29, 1.82) is 0 Å². The van der Waals surface area contributed by atoms with Crippen molar-refractivity contribution in [2.75, 3.05) is 27.4 Å². The third-order valence-corrected chi connectivity index (χ3v) is 4.95. The van der Waals surface area contributed by atoms with E-state index in [4.69, 9.17) is 9.47 Å². The molecule has 7 heteroatoms. The first-order chi connectivity index (χ1) is 12.4. The van der Waals surface area contributed by atoms with Gasteiger partial charge in [0.2, 0.25) is 0 Å². The van der Waals surface area contributed by atoms with E-state index in [0.29, 0.717) is 19.7 Å². The van der Waals surface area contributed by atoms with E-state index in [0.717, 1.165) is 26.9 Å². The Kier molecular flexibility index (Phi) is 7.41. The zero-order chi connectivity index (χ0) is 19.1. The molecular weight excluding hydrogens is 350 g/mol. The third kappa shape index (κ3) is 5.44. The number of rotatable bonds is 8. The molecule has 26 heavy (non-hydrogen) atoms. The van der Waals surface area contributed by atoms with Gasteiger partial charge in [-0.05, 0) is 38.5 Å². The Morgan fingerprint density at radius 2 is 2.12 bits per heavy atom. The second-order valence-electron chi connectivity index (χ2n) is 6.11. The van der Waals surface area contributed by atoms with Crippen LogP contribution in [0.2, 0.25) is 0 Å². The number of urea groups is 1. The summed E-state index contributed by atoms with van der Waals surface area (Å²) >= 11 is 1.64. The number of benzene rings is 1. The number of thiazole rings is 1. The monoisotopic (exact) mass is 377 g/mol. The molecule has 6 nitrogen and oxygen atoms in total. The number of aryl methyl sites for hydroxylation is 2. The summed E-state index contributed by atoms with van der Waals surface area (Å²) in [5, 5.41) is 4.06. The van der Waals surface area contributed by atoms with Crippen LogP contribution in [0.3, 0.4) is 0 Å².